The maximum atomic E-state index is 13.4. The third-order valence-electron chi connectivity index (χ3n) is 7.02. The molecule has 10 nitrogen and oxygen atoms in total. The molecule has 3 N–H and O–H groups in total. The molecule has 2 aliphatic heterocycles. The van der Waals surface area contributed by atoms with Crippen molar-refractivity contribution in [3.8, 4) is 11.6 Å². The van der Waals surface area contributed by atoms with E-state index in [1.54, 1.807) is 35.5 Å². The van der Waals surface area contributed by atoms with Gasteiger partial charge >= 0.3 is 6.03 Å². The number of nitrogens with one attached hydrogen (secondary N) is 3. The predicted molar refractivity (Wildman–Crippen MR) is 146 cm³/mol. The highest BCUT2D eigenvalue weighted by molar-refractivity contribution is 8.01. The Morgan fingerprint density at radius 1 is 1.08 bits per heavy atom. The van der Waals surface area contributed by atoms with Gasteiger partial charge in [0.15, 0.2) is 0 Å². The molecule has 1 aliphatic carbocycles. The second-order valence-electron chi connectivity index (χ2n) is 9.55. The second-order valence-corrected chi connectivity index (χ2v) is 10.7. The molecule has 2 unspecified atom stereocenters. The fourth-order valence-electron chi connectivity index (χ4n) is 5.24. The monoisotopic (exact) mass is 542 g/mol. The number of benzene rings is 1. The normalized spacial score (nSPS) is 23.0. The number of pyridine rings is 2. The van der Waals surface area contributed by atoms with Crippen LogP contribution in [-0.4, -0.2) is 45.1 Å². The number of carbonyl (C=O) groups excluding carboxylic acids is 3. The Balaban J connectivity index is 1.18. The van der Waals surface area contributed by atoms with E-state index in [4.69, 9.17) is 4.74 Å². The summed E-state index contributed by atoms with van der Waals surface area (Å²) in [4.78, 5) is 48.8. The fraction of sp³-hybridized carbons (Fsp3) is 0.250. The number of thioether (sulfide) groups is 1. The summed E-state index contributed by atoms with van der Waals surface area (Å²) in [6, 6.07) is 13.7. The first kappa shape index (κ1) is 24.9. The maximum Gasteiger partial charge on any atom is 0.327 e. The van der Waals surface area contributed by atoms with Gasteiger partial charge in [0.1, 0.15) is 16.0 Å². The molecule has 0 saturated heterocycles. The van der Waals surface area contributed by atoms with E-state index < -0.39 is 11.3 Å². The molecule has 198 valence electrons. The number of hydrogen-bond acceptors (Lipinski definition) is 7. The molecular weight excluding hydrogens is 516 g/mol. The number of rotatable bonds is 7. The van der Waals surface area contributed by atoms with Crippen LogP contribution in [-0.2, 0) is 9.59 Å². The number of amides is 4. The molecule has 1 fully saturated rings. The van der Waals surface area contributed by atoms with Crippen LogP contribution in [0.25, 0.3) is 0 Å². The van der Waals surface area contributed by atoms with E-state index in [1.165, 1.54) is 17.8 Å². The van der Waals surface area contributed by atoms with Crippen LogP contribution in [0.15, 0.2) is 78.6 Å². The molecule has 1 saturated carbocycles. The van der Waals surface area contributed by atoms with E-state index in [0.717, 1.165) is 18.4 Å². The van der Waals surface area contributed by atoms with Gasteiger partial charge in [0.05, 0.1) is 23.6 Å². The van der Waals surface area contributed by atoms with Crippen molar-refractivity contribution in [3.05, 3.63) is 79.1 Å². The van der Waals surface area contributed by atoms with Crippen molar-refractivity contribution in [1.29, 1.82) is 0 Å². The first-order valence-corrected chi connectivity index (χ1v) is 13.6. The Morgan fingerprint density at radius 3 is 2.62 bits per heavy atom. The minimum absolute atomic E-state index is 0.00327. The number of ether oxygens (including phenoxy) is 1. The number of nitrogens with zero attached hydrogens (tertiary/aromatic N) is 3. The summed E-state index contributed by atoms with van der Waals surface area (Å²) < 4.78 is 5.78. The maximum absolute atomic E-state index is 13.4. The van der Waals surface area contributed by atoms with Crippen LogP contribution in [0.3, 0.4) is 0 Å². The van der Waals surface area contributed by atoms with Crippen molar-refractivity contribution in [2.45, 2.75) is 47.7 Å². The van der Waals surface area contributed by atoms with Gasteiger partial charge in [0.25, 0.3) is 0 Å². The molecular formula is C28H26N6O4S. The van der Waals surface area contributed by atoms with E-state index >= 15 is 0 Å². The van der Waals surface area contributed by atoms with Crippen LogP contribution in [0, 0.1) is 0 Å². The number of hydrogen-bond donors (Lipinski definition) is 3. The summed E-state index contributed by atoms with van der Waals surface area (Å²) in [5.74, 6) is 0.702. The van der Waals surface area contributed by atoms with Gasteiger partial charge in [-0.3, -0.25) is 14.5 Å². The first-order valence-electron chi connectivity index (χ1n) is 12.7. The lowest BCUT2D eigenvalue weighted by molar-refractivity contribution is -0.121. The molecule has 11 heteroatoms. The Labute approximate surface area is 229 Å². The van der Waals surface area contributed by atoms with E-state index in [1.807, 2.05) is 30.3 Å². The molecule has 6 rings (SSSR count). The zero-order chi connectivity index (χ0) is 26.9. The summed E-state index contributed by atoms with van der Waals surface area (Å²) in [5, 5.41) is 9.18. The lowest BCUT2D eigenvalue weighted by Gasteiger charge is -2.34. The fourth-order valence-corrected chi connectivity index (χ4v) is 6.48. The van der Waals surface area contributed by atoms with Crippen LogP contribution in [0.2, 0.25) is 0 Å². The summed E-state index contributed by atoms with van der Waals surface area (Å²) in [6.07, 6.45) is 6.69. The van der Waals surface area contributed by atoms with Crippen LogP contribution in [0.1, 0.15) is 30.9 Å². The third kappa shape index (κ3) is 4.92. The summed E-state index contributed by atoms with van der Waals surface area (Å²) in [7, 11) is 0. The van der Waals surface area contributed by atoms with E-state index in [2.05, 4.69) is 32.5 Å². The SMILES string of the molecule is C=CC(=O)NC1CCC(NC(=O)[C@@H]2Sc3nccc4c3[C@H]2NC(=O)N4c2ccc(Oc3ccccc3)nc2)C1. The van der Waals surface area contributed by atoms with Gasteiger partial charge in [-0.2, -0.15) is 0 Å². The average molecular weight is 543 g/mol. The standard InChI is InChI=1S/C28H26N6O4S/c1-2-21(35)31-16-8-9-17(14-16)32-26(36)25-24-23-20(12-13-29-27(23)39-25)34(28(37)33-24)18-10-11-22(30-15-18)38-19-6-4-3-5-7-19/h2-7,10-13,15-17,24-25H,1,8-9,14H2,(H,31,35)(H,32,36)(H,33,37)/t16?,17?,24-,25-/m1/s1. The van der Waals surface area contributed by atoms with Gasteiger partial charge in [-0.15, -0.1) is 0 Å². The van der Waals surface area contributed by atoms with Crippen LogP contribution < -0.4 is 25.6 Å². The molecule has 0 radical (unpaired) electrons. The molecule has 4 amide bonds. The highest BCUT2D eigenvalue weighted by atomic mass is 32.2. The highest BCUT2D eigenvalue weighted by Gasteiger charge is 2.47. The minimum Gasteiger partial charge on any atom is -0.439 e. The van der Waals surface area contributed by atoms with Gasteiger partial charge in [-0.05, 0) is 49.6 Å². The van der Waals surface area contributed by atoms with E-state index in [-0.39, 0.29) is 29.9 Å². The Bertz CT molecular complexity index is 1430. The average Bonchev–Trinajstić information content (AvgIpc) is 3.55. The first-order chi connectivity index (χ1) is 19.0. The molecule has 3 aromatic rings. The van der Waals surface area contributed by atoms with E-state index in [9.17, 15) is 14.4 Å². The van der Waals surface area contributed by atoms with Crippen LogP contribution >= 0.6 is 11.8 Å². The van der Waals surface area contributed by atoms with Gasteiger partial charge < -0.3 is 20.7 Å². The molecule has 3 aliphatic rings. The summed E-state index contributed by atoms with van der Waals surface area (Å²) in [6.45, 7) is 3.48. The number of para-hydroxylation sites is 1. The minimum atomic E-state index is -0.554. The van der Waals surface area contributed by atoms with Crippen molar-refractivity contribution >= 4 is 41.0 Å². The number of anilines is 2. The van der Waals surface area contributed by atoms with Crippen LogP contribution in [0.4, 0.5) is 16.2 Å². The lowest BCUT2D eigenvalue weighted by Crippen LogP contribution is -2.50. The number of urea groups is 1. The number of aromatic nitrogens is 2. The Hall–Kier alpha value is -4.38. The molecule has 39 heavy (non-hydrogen) atoms. The lowest BCUT2D eigenvalue weighted by atomic mass is 10.00. The topological polar surface area (TPSA) is 126 Å². The Morgan fingerprint density at radius 2 is 1.87 bits per heavy atom. The molecule has 0 spiro atoms. The summed E-state index contributed by atoms with van der Waals surface area (Å²) >= 11 is 1.35. The molecule has 0 bridgehead atoms. The highest BCUT2D eigenvalue weighted by Crippen LogP contribution is 2.50. The predicted octanol–water partition coefficient (Wildman–Crippen LogP) is 3.99. The van der Waals surface area contributed by atoms with Gasteiger partial charge in [-0.25, -0.2) is 14.8 Å². The summed E-state index contributed by atoms with van der Waals surface area (Å²) in [5.41, 5.74) is 2.05. The van der Waals surface area contributed by atoms with Gasteiger partial charge in [0, 0.05) is 29.9 Å². The quantitative estimate of drug-likeness (QED) is 0.386. The van der Waals surface area contributed by atoms with Crippen molar-refractivity contribution < 1.29 is 19.1 Å². The van der Waals surface area contributed by atoms with Crippen molar-refractivity contribution in [2.24, 2.45) is 0 Å². The Kier molecular flexibility index (Phi) is 6.65. The van der Waals surface area contributed by atoms with E-state index in [0.29, 0.717) is 34.5 Å². The smallest absolute Gasteiger partial charge is 0.327 e. The largest absolute Gasteiger partial charge is 0.439 e. The van der Waals surface area contributed by atoms with Crippen molar-refractivity contribution in [3.63, 3.8) is 0 Å². The number of carbonyl (C=O) groups is 3. The molecule has 2 aromatic heterocycles. The molecule has 1 aromatic carbocycles. The zero-order valence-corrected chi connectivity index (χ0v) is 21.7. The van der Waals surface area contributed by atoms with Gasteiger partial charge in [0.2, 0.25) is 17.7 Å². The van der Waals surface area contributed by atoms with Crippen molar-refractivity contribution in [1.82, 2.24) is 25.9 Å². The third-order valence-corrected chi connectivity index (χ3v) is 8.31. The zero-order valence-electron chi connectivity index (χ0n) is 20.9. The van der Waals surface area contributed by atoms with Gasteiger partial charge in [-0.1, -0.05) is 36.5 Å². The molecule has 4 heterocycles. The van der Waals surface area contributed by atoms with Crippen molar-refractivity contribution in [2.75, 3.05) is 4.90 Å². The second kappa shape index (κ2) is 10.4. The molecule has 4 atom stereocenters. The van der Waals surface area contributed by atoms with Crippen LogP contribution in [0.5, 0.6) is 11.6 Å².